The third-order valence-corrected chi connectivity index (χ3v) is 11.4. The Bertz CT molecular complexity index is 1370. The van der Waals surface area contributed by atoms with Crippen LogP contribution in [0.5, 0.6) is 0 Å². The first-order valence-corrected chi connectivity index (χ1v) is 25.5. The van der Waals surface area contributed by atoms with E-state index < -0.39 is 71.2 Å². The lowest BCUT2D eigenvalue weighted by Crippen LogP contribution is -2.60. The van der Waals surface area contributed by atoms with Gasteiger partial charge in [0.15, 0.2) is 12.4 Å². The van der Waals surface area contributed by atoms with Crippen molar-refractivity contribution >= 4 is 22.1 Å². The topological polar surface area (TPSA) is 186 Å². The minimum Gasteiger partial charge on any atom is -0.462 e. The molecule has 1 saturated heterocycles. The van der Waals surface area contributed by atoms with E-state index in [0.29, 0.717) is 12.8 Å². The molecule has 13 heteroatoms. The molecule has 0 bridgehead atoms. The molecule has 0 aromatic rings. The molecule has 1 heterocycles. The molecule has 1 rings (SSSR count). The summed E-state index contributed by atoms with van der Waals surface area (Å²) in [6, 6.07) is 0. The van der Waals surface area contributed by atoms with Crippen molar-refractivity contribution in [2.75, 3.05) is 19.0 Å². The average molecular weight is 897 g/mol. The third-order valence-electron chi connectivity index (χ3n) is 10.6. The van der Waals surface area contributed by atoms with Crippen molar-refractivity contribution in [2.45, 2.75) is 218 Å². The number of hydrogen-bond acceptors (Lipinski definition) is 11. The Morgan fingerprint density at radius 3 is 1.52 bits per heavy atom. The molecule has 1 aliphatic heterocycles. The Morgan fingerprint density at radius 2 is 1.02 bits per heavy atom. The molecule has 0 saturated carbocycles. The van der Waals surface area contributed by atoms with Crippen LogP contribution in [-0.2, 0) is 38.7 Å². The fourth-order valence-corrected chi connectivity index (χ4v) is 7.63. The van der Waals surface area contributed by atoms with Crippen molar-refractivity contribution in [1.29, 1.82) is 0 Å². The molecule has 0 aromatic heterocycles. The van der Waals surface area contributed by atoms with E-state index in [2.05, 4.69) is 74.6 Å². The number of aliphatic hydroxyl groups is 3. The highest BCUT2D eigenvalue weighted by Crippen LogP contribution is 2.24. The van der Waals surface area contributed by atoms with E-state index in [4.69, 9.17) is 18.9 Å². The number of rotatable bonds is 39. The van der Waals surface area contributed by atoms with Crippen LogP contribution in [0.1, 0.15) is 181 Å². The van der Waals surface area contributed by atoms with Gasteiger partial charge in [0.25, 0.3) is 10.1 Å². The molecule has 0 aliphatic carbocycles. The molecule has 1 aliphatic rings. The largest absolute Gasteiger partial charge is 0.462 e. The molecule has 358 valence electrons. The minimum absolute atomic E-state index is 0.157. The Kier molecular flexibility index (Phi) is 35.9. The summed E-state index contributed by atoms with van der Waals surface area (Å²) >= 11 is 0. The number of allylic oxidation sites excluding steroid dienone is 10. The van der Waals surface area contributed by atoms with Crippen LogP contribution in [0.15, 0.2) is 60.8 Å². The Hall–Kier alpha value is -2.65. The number of hydrogen-bond donors (Lipinski definition) is 4. The van der Waals surface area contributed by atoms with E-state index >= 15 is 0 Å². The van der Waals surface area contributed by atoms with Crippen molar-refractivity contribution < 1.29 is 56.8 Å². The average Bonchev–Trinajstić information content (AvgIpc) is 3.24. The standard InChI is InChI=1S/C49H84O12S/c1-3-5-7-9-11-13-15-17-19-20-21-22-24-25-27-29-31-33-35-37-44(50)58-39-42(40-59-49-48(54)47(53)46(52)43(61-49)41-62(55,56)57)60-45(51)38-36-34-32-30-28-26-23-18-16-14-12-10-8-6-4-2/h5,7,11,13,17,19,21-22,25,27,42-43,46-49,52-54H,3-4,6,8-10,12,14-16,18,20,23-24,26,28-41H2,1-2H3,(H,55,56,57)/b7-5+,13-11+,19-17+,22-21+,27-25+/t42-,43-,46-,47?,48?,49+/m1/s1. The van der Waals surface area contributed by atoms with Crippen molar-refractivity contribution in [1.82, 2.24) is 0 Å². The van der Waals surface area contributed by atoms with Crippen LogP contribution in [-0.4, -0.2) is 96.0 Å². The summed E-state index contributed by atoms with van der Waals surface area (Å²) in [6.07, 6.45) is 38.3. The molecule has 62 heavy (non-hydrogen) atoms. The van der Waals surface area contributed by atoms with Crippen molar-refractivity contribution in [3.63, 3.8) is 0 Å². The van der Waals surface area contributed by atoms with Gasteiger partial charge >= 0.3 is 11.9 Å². The molecule has 6 atom stereocenters. The molecule has 1 fully saturated rings. The third kappa shape index (κ3) is 32.9. The fourth-order valence-electron chi connectivity index (χ4n) is 6.94. The predicted molar refractivity (Wildman–Crippen MR) is 247 cm³/mol. The number of ether oxygens (including phenoxy) is 4. The van der Waals surface area contributed by atoms with Gasteiger partial charge in [-0.25, -0.2) is 0 Å². The van der Waals surface area contributed by atoms with Crippen LogP contribution in [0.4, 0.5) is 0 Å². The lowest BCUT2D eigenvalue weighted by Gasteiger charge is -2.40. The van der Waals surface area contributed by atoms with Gasteiger partial charge in [-0.15, -0.1) is 0 Å². The van der Waals surface area contributed by atoms with E-state index in [1.807, 2.05) is 0 Å². The van der Waals surface area contributed by atoms with Gasteiger partial charge in [0, 0.05) is 12.8 Å². The highest BCUT2D eigenvalue weighted by Gasteiger charge is 2.46. The zero-order valence-electron chi connectivity index (χ0n) is 38.2. The second kappa shape index (κ2) is 38.8. The molecular weight excluding hydrogens is 813 g/mol. The van der Waals surface area contributed by atoms with Crippen LogP contribution in [0.2, 0.25) is 0 Å². The number of carbonyl (C=O) groups excluding carboxylic acids is 2. The monoisotopic (exact) mass is 897 g/mol. The van der Waals surface area contributed by atoms with Crippen molar-refractivity contribution in [3.8, 4) is 0 Å². The number of carbonyl (C=O) groups is 2. The maximum absolute atomic E-state index is 12.8. The number of esters is 2. The summed E-state index contributed by atoms with van der Waals surface area (Å²) < 4.78 is 54.1. The molecular formula is C49H84O12S. The normalized spacial score (nSPS) is 20.4. The number of aliphatic hydroxyl groups excluding tert-OH is 3. The number of unbranched alkanes of at least 4 members (excludes halogenated alkanes) is 17. The molecule has 2 unspecified atom stereocenters. The Labute approximate surface area is 375 Å². The minimum atomic E-state index is -4.61. The first-order chi connectivity index (χ1) is 30.0. The molecule has 0 spiro atoms. The smallest absolute Gasteiger partial charge is 0.306 e. The van der Waals surface area contributed by atoms with Crippen molar-refractivity contribution in [3.05, 3.63) is 60.8 Å². The van der Waals surface area contributed by atoms with Gasteiger partial charge in [-0.3, -0.25) is 14.1 Å². The van der Waals surface area contributed by atoms with Crippen LogP contribution in [0.3, 0.4) is 0 Å². The van der Waals surface area contributed by atoms with Crippen LogP contribution in [0.25, 0.3) is 0 Å². The molecule has 12 nitrogen and oxygen atoms in total. The highest BCUT2D eigenvalue weighted by molar-refractivity contribution is 7.85. The summed E-state index contributed by atoms with van der Waals surface area (Å²) in [5.74, 6) is -2.02. The predicted octanol–water partition coefficient (Wildman–Crippen LogP) is 10.1. The van der Waals surface area contributed by atoms with E-state index in [1.54, 1.807) is 0 Å². The fraction of sp³-hybridized carbons (Fsp3) is 0.755. The van der Waals surface area contributed by atoms with Gasteiger partial charge in [0.1, 0.15) is 36.8 Å². The van der Waals surface area contributed by atoms with E-state index in [9.17, 15) is 37.9 Å². The van der Waals surface area contributed by atoms with Crippen LogP contribution < -0.4 is 0 Å². The van der Waals surface area contributed by atoms with E-state index in [1.165, 1.54) is 70.6 Å². The summed E-state index contributed by atoms with van der Waals surface area (Å²) in [7, 11) is -4.61. The van der Waals surface area contributed by atoms with Gasteiger partial charge in [0.2, 0.25) is 0 Å². The maximum atomic E-state index is 12.8. The Morgan fingerprint density at radius 1 is 0.565 bits per heavy atom. The second-order valence-corrected chi connectivity index (χ2v) is 17.9. The van der Waals surface area contributed by atoms with Gasteiger partial charge in [-0.05, 0) is 57.8 Å². The molecule has 0 amide bonds. The first kappa shape index (κ1) is 57.4. The highest BCUT2D eigenvalue weighted by atomic mass is 32.2. The maximum Gasteiger partial charge on any atom is 0.306 e. The molecule has 0 radical (unpaired) electrons. The van der Waals surface area contributed by atoms with Gasteiger partial charge in [-0.1, -0.05) is 171 Å². The lowest BCUT2D eigenvalue weighted by molar-refractivity contribution is -0.297. The first-order valence-electron chi connectivity index (χ1n) is 23.8. The lowest BCUT2D eigenvalue weighted by atomic mass is 10.00. The zero-order chi connectivity index (χ0) is 45.5. The van der Waals surface area contributed by atoms with E-state index in [-0.39, 0.29) is 19.4 Å². The SMILES string of the molecule is CC/C=C/C/C=C/C/C=C/C/C=C/C/C=C/CCCCCC(=O)OC[C@H](CO[C@H]1O[C@H](CS(=O)(=O)O)[C@@H](O)C(O)C1O)OC(=O)CCCCCCCCCCCCCCCCC. The van der Waals surface area contributed by atoms with Gasteiger partial charge < -0.3 is 34.3 Å². The van der Waals surface area contributed by atoms with Gasteiger partial charge in [0.05, 0.1) is 6.61 Å². The molecule has 4 N–H and O–H groups in total. The van der Waals surface area contributed by atoms with Crippen molar-refractivity contribution in [2.24, 2.45) is 0 Å². The van der Waals surface area contributed by atoms with Gasteiger partial charge in [-0.2, -0.15) is 8.42 Å². The summed E-state index contributed by atoms with van der Waals surface area (Å²) in [5.41, 5.74) is 0. The molecule has 0 aromatic carbocycles. The van der Waals surface area contributed by atoms with E-state index in [0.717, 1.165) is 70.6 Å². The Balaban J connectivity index is 2.44. The summed E-state index contributed by atoms with van der Waals surface area (Å²) in [6.45, 7) is 3.62. The zero-order valence-corrected chi connectivity index (χ0v) is 39.0. The summed E-state index contributed by atoms with van der Waals surface area (Å²) in [4.78, 5) is 25.4. The quantitative estimate of drug-likeness (QED) is 0.0198. The van der Waals surface area contributed by atoms with Crippen LogP contribution >= 0.6 is 0 Å². The second-order valence-electron chi connectivity index (χ2n) is 16.4. The summed E-state index contributed by atoms with van der Waals surface area (Å²) in [5, 5.41) is 30.9. The van der Waals surface area contributed by atoms with Crippen LogP contribution in [0, 0.1) is 0 Å².